The Morgan fingerprint density at radius 1 is 1.65 bits per heavy atom. The topological polar surface area (TPSA) is 92.5 Å². The molecule has 9 heteroatoms. The molecule has 0 spiro atoms. The molecule has 0 bridgehead atoms. The zero-order valence-corrected chi connectivity index (χ0v) is 11.5. The minimum absolute atomic E-state index is 0. The molecule has 0 unspecified atom stereocenters. The largest absolute Gasteiger partial charge is 1.00 e. The summed E-state index contributed by atoms with van der Waals surface area (Å²) in [5.41, 5.74) is -0.707. The second-order valence-electron chi connectivity index (χ2n) is 2.79. The zero-order valence-electron chi connectivity index (χ0n) is 9.74. The molecule has 0 heterocycles. The van der Waals surface area contributed by atoms with Gasteiger partial charge in [-0.3, -0.25) is 14.9 Å². The number of rotatable bonds is 4. The number of anilines is 1. The molecule has 88 valence electrons. The van der Waals surface area contributed by atoms with Crippen LogP contribution in [0.3, 0.4) is 0 Å². The van der Waals surface area contributed by atoms with Crippen LogP contribution in [0, 0.1) is 15.9 Å². The predicted molar refractivity (Wildman–Crippen MR) is 55.3 cm³/mol. The molecule has 0 saturated carbocycles. The fraction of sp³-hybridized carbons (Fsp3) is 0.125. The van der Waals surface area contributed by atoms with E-state index in [4.69, 9.17) is 16.7 Å². The third-order valence-corrected chi connectivity index (χ3v) is 1.96. The number of carboxylic acids is 1. The number of nitro benzene ring substituents is 1. The standard InChI is InChI=1S/C8H6ClFN2O4.Na.H/c9-4-1-7(12(15)16)6(2-5(4)10)11-3-8(13)14;;/h1-2,11H,3H2,(H,13,14);;/q;+1;-1. The van der Waals surface area contributed by atoms with E-state index < -0.39 is 34.0 Å². The second kappa shape index (κ2) is 6.75. The molecule has 0 amide bonds. The van der Waals surface area contributed by atoms with Crippen molar-refractivity contribution in [1.82, 2.24) is 0 Å². The first-order valence-electron chi connectivity index (χ1n) is 4.01. The van der Waals surface area contributed by atoms with Gasteiger partial charge in [-0.2, -0.15) is 0 Å². The van der Waals surface area contributed by atoms with Gasteiger partial charge in [0.15, 0.2) is 0 Å². The third-order valence-electron chi connectivity index (χ3n) is 1.67. The van der Waals surface area contributed by atoms with Gasteiger partial charge in [0.1, 0.15) is 18.0 Å². The number of benzene rings is 1. The molecule has 0 aromatic heterocycles. The number of nitrogens with zero attached hydrogens (tertiary/aromatic N) is 1. The van der Waals surface area contributed by atoms with Gasteiger partial charge < -0.3 is 11.8 Å². The third kappa shape index (κ3) is 4.47. The minimum atomic E-state index is -1.22. The van der Waals surface area contributed by atoms with Crippen molar-refractivity contribution < 1.29 is 50.2 Å². The molecule has 0 fully saturated rings. The Bertz CT molecular complexity index is 463. The summed E-state index contributed by atoms with van der Waals surface area (Å²) in [5.74, 6) is -2.08. The Morgan fingerprint density at radius 2 is 2.24 bits per heavy atom. The summed E-state index contributed by atoms with van der Waals surface area (Å²) >= 11 is 5.37. The first-order chi connectivity index (χ1) is 7.41. The summed E-state index contributed by atoms with van der Waals surface area (Å²) in [4.78, 5) is 20.0. The van der Waals surface area contributed by atoms with Crippen molar-refractivity contribution in [3.05, 3.63) is 33.1 Å². The fourth-order valence-corrected chi connectivity index (χ4v) is 1.16. The maximum atomic E-state index is 13.0. The van der Waals surface area contributed by atoms with Gasteiger partial charge in [-0.25, -0.2) is 4.39 Å². The van der Waals surface area contributed by atoms with Gasteiger partial charge >= 0.3 is 35.5 Å². The van der Waals surface area contributed by atoms with E-state index in [-0.39, 0.29) is 36.7 Å². The molecule has 17 heavy (non-hydrogen) atoms. The van der Waals surface area contributed by atoms with E-state index in [1.54, 1.807) is 0 Å². The summed E-state index contributed by atoms with van der Waals surface area (Å²) in [6, 6.07) is 1.60. The maximum Gasteiger partial charge on any atom is 1.00 e. The molecular formula is C8H7ClFN2NaO4. The Morgan fingerprint density at radius 3 is 2.71 bits per heavy atom. The summed E-state index contributed by atoms with van der Waals surface area (Å²) in [5, 5.41) is 20.8. The molecule has 0 atom stereocenters. The first kappa shape index (κ1) is 16.1. The van der Waals surface area contributed by atoms with Crippen LogP contribution in [0.25, 0.3) is 0 Å². The van der Waals surface area contributed by atoms with E-state index in [0.29, 0.717) is 0 Å². The van der Waals surface area contributed by atoms with Gasteiger partial charge in [-0.15, -0.1) is 0 Å². The van der Waals surface area contributed by atoms with Crippen LogP contribution >= 0.6 is 11.6 Å². The number of hydrogen-bond acceptors (Lipinski definition) is 4. The molecule has 2 N–H and O–H groups in total. The normalized spacial score (nSPS) is 9.29. The number of halogens is 2. The molecule has 0 saturated heterocycles. The number of hydrogen-bond donors (Lipinski definition) is 2. The van der Waals surface area contributed by atoms with Crippen LogP contribution in [0.1, 0.15) is 1.43 Å². The maximum absolute atomic E-state index is 13.0. The number of carbonyl (C=O) groups is 1. The number of nitro groups is 1. The van der Waals surface area contributed by atoms with Crippen LogP contribution in [-0.2, 0) is 4.79 Å². The van der Waals surface area contributed by atoms with E-state index >= 15 is 0 Å². The van der Waals surface area contributed by atoms with E-state index in [1.807, 2.05) is 0 Å². The van der Waals surface area contributed by atoms with Crippen LogP contribution in [0.2, 0.25) is 5.02 Å². The monoisotopic (exact) mass is 272 g/mol. The Balaban J connectivity index is 0. The molecule has 0 radical (unpaired) electrons. The van der Waals surface area contributed by atoms with Crippen LogP contribution < -0.4 is 34.9 Å². The van der Waals surface area contributed by atoms with Crippen molar-refractivity contribution in [2.24, 2.45) is 0 Å². The smallest absolute Gasteiger partial charge is 1.00 e. The van der Waals surface area contributed by atoms with Crippen LogP contribution in [-0.4, -0.2) is 22.5 Å². The minimum Gasteiger partial charge on any atom is -1.00 e. The fourth-order valence-electron chi connectivity index (χ4n) is 1.000. The predicted octanol–water partition coefficient (Wildman–Crippen LogP) is -1.000. The van der Waals surface area contributed by atoms with Crippen LogP contribution in [0.15, 0.2) is 12.1 Å². The summed E-state index contributed by atoms with van der Waals surface area (Å²) in [7, 11) is 0. The quantitative estimate of drug-likeness (QED) is 0.417. The first-order valence-corrected chi connectivity index (χ1v) is 4.38. The van der Waals surface area contributed by atoms with E-state index in [9.17, 15) is 19.3 Å². The van der Waals surface area contributed by atoms with Gasteiger partial charge in [0.05, 0.1) is 9.95 Å². The zero-order chi connectivity index (χ0) is 12.3. The molecule has 1 aromatic carbocycles. The number of carboxylic acid groups (broad SMARTS) is 1. The Kier molecular flexibility index (Phi) is 6.40. The van der Waals surface area contributed by atoms with Crippen molar-refractivity contribution in [3.63, 3.8) is 0 Å². The Labute approximate surface area is 124 Å². The van der Waals surface area contributed by atoms with Crippen molar-refractivity contribution in [2.45, 2.75) is 0 Å². The van der Waals surface area contributed by atoms with Crippen LogP contribution in [0.4, 0.5) is 15.8 Å². The molecular weight excluding hydrogens is 266 g/mol. The van der Waals surface area contributed by atoms with Gasteiger partial charge in [0, 0.05) is 12.1 Å². The summed E-state index contributed by atoms with van der Waals surface area (Å²) in [6.07, 6.45) is 0. The molecule has 0 aliphatic carbocycles. The second-order valence-corrected chi connectivity index (χ2v) is 3.20. The summed E-state index contributed by atoms with van der Waals surface area (Å²) < 4.78 is 13.0. The Hall–Kier alpha value is -0.890. The molecule has 6 nitrogen and oxygen atoms in total. The van der Waals surface area contributed by atoms with E-state index in [2.05, 4.69) is 5.32 Å². The van der Waals surface area contributed by atoms with Crippen LogP contribution in [0.5, 0.6) is 0 Å². The van der Waals surface area contributed by atoms with Crippen molar-refractivity contribution in [3.8, 4) is 0 Å². The summed E-state index contributed by atoms with van der Waals surface area (Å²) in [6.45, 7) is -0.554. The SMILES string of the molecule is O=C(O)CNc1cc(F)c(Cl)cc1[N+](=O)[O-].[H-].[Na+]. The van der Waals surface area contributed by atoms with Gasteiger partial charge in [0.2, 0.25) is 0 Å². The molecule has 0 aliphatic heterocycles. The van der Waals surface area contributed by atoms with Gasteiger partial charge in [-0.05, 0) is 0 Å². The molecule has 0 aliphatic rings. The van der Waals surface area contributed by atoms with Gasteiger partial charge in [-0.1, -0.05) is 11.6 Å². The number of aliphatic carboxylic acids is 1. The van der Waals surface area contributed by atoms with E-state index in [1.165, 1.54) is 0 Å². The molecule has 1 aromatic rings. The number of nitrogens with one attached hydrogen (secondary N) is 1. The average Bonchev–Trinajstić information content (AvgIpc) is 2.18. The van der Waals surface area contributed by atoms with E-state index in [0.717, 1.165) is 12.1 Å². The van der Waals surface area contributed by atoms with Crippen molar-refractivity contribution in [2.75, 3.05) is 11.9 Å². The molecule has 1 rings (SSSR count). The average molecular weight is 273 g/mol. The van der Waals surface area contributed by atoms with Crippen molar-refractivity contribution >= 4 is 28.9 Å². The van der Waals surface area contributed by atoms with Gasteiger partial charge in [0.25, 0.3) is 5.69 Å². The van der Waals surface area contributed by atoms with Crippen molar-refractivity contribution in [1.29, 1.82) is 0 Å².